The maximum atomic E-state index is 13.0. The highest BCUT2D eigenvalue weighted by Gasteiger charge is 2.44. The number of halogens is 1. The van der Waals surface area contributed by atoms with Crippen LogP contribution in [0.15, 0.2) is 18.2 Å². The molecule has 2 unspecified atom stereocenters. The summed E-state index contributed by atoms with van der Waals surface area (Å²) >= 11 is 0. The lowest BCUT2D eigenvalue weighted by molar-refractivity contribution is -0.132. The fraction of sp³-hybridized carbons (Fsp3) is 0.583. The van der Waals surface area contributed by atoms with Gasteiger partial charge < -0.3 is 15.0 Å². The Hall–Kier alpha value is -2.29. The van der Waals surface area contributed by atoms with Gasteiger partial charge in [0.1, 0.15) is 17.6 Å². The van der Waals surface area contributed by atoms with Crippen molar-refractivity contribution in [1.29, 1.82) is 0 Å². The molecule has 33 heavy (non-hydrogen) atoms. The van der Waals surface area contributed by atoms with Crippen LogP contribution in [0, 0.1) is 5.92 Å². The number of ketones is 2. The molecule has 9 heteroatoms. The van der Waals surface area contributed by atoms with Crippen LogP contribution in [0.3, 0.4) is 0 Å². The first kappa shape index (κ1) is 23.9. The van der Waals surface area contributed by atoms with Crippen molar-refractivity contribution in [2.24, 2.45) is 5.92 Å². The van der Waals surface area contributed by atoms with E-state index in [9.17, 15) is 19.2 Å². The van der Waals surface area contributed by atoms with E-state index < -0.39 is 17.9 Å². The van der Waals surface area contributed by atoms with Gasteiger partial charge >= 0.3 is 0 Å². The maximum absolute atomic E-state index is 13.0. The average molecular weight is 476 g/mol. The highest BCUT2D eigenvalue weighted by molar-refractivity contribution is 6.23. The summed E-state index contributed by atoms with van der Waals surface area (Å²) in [6.45, 7) is 5.36. The summed E-state index contributed by atoms with van der Waals surface area (Å²) in [5, 5.41) is 3.42. The first-order valence-electron chi connectivity index (χ1n) is 11.7. The van der Waals surface area contributed by atoms with Gasteiger partial charge in [-0.3, -0.25) is 24.1 Å². The van der Waals surface area contributed by atoms with Crippen LogP contribution in [0.1, 0.15) is 59.2 Å². The Bertz CT molecular complexity index is 953. The number of carbonyl (C=O) groups is 4. The highest BCUT2D eigenvalue weighted by atomic mass is 35.5. The lowest BCUT2D eigenvalue weighted by Gasteiger charge is -2.33. The third kappa shape index (κ3) is 4.83. The Kier molecular flexibility index (Phi) is 7.16. The molecule has 1 aromatic carbocycles. The van der Waals surface area contributed by atoms with E-state index in [0.717, 1.165) is 56.4 Å². The van der Waals surface area contributed by atoms with E-state index >= 15 is 0 Å². The number of likely N-dealkylation sites (tertiary alicyclic amines) is 1. The number of carbonyl (C=O) groups excluding carboxylic acids is 4. The molecule has 3 aliphatic heterocycles. The van der Waals surface area contributed by atoms with Gasteiger partial charge in [0.2, 0.25) is 0 Å². The van der Waals surface area contributed by atoms with Crippen LogP contribution >= 0.6 is 12.4 Å². The molecule has 1 aromatic rings. The number of hydrogen-bond acceptors (Lipinski definition) is 7. The highest BCUT2D eigenvalue weighted by Crippen LogP contribution is 2.32. The standard InChI is InChI=1S/C24H29N3O5.ClH/c28-16-1-4-21(22(29)11-16)27-23(30)19-3-2-18(12-20(19)24(27)31)32-17-6-9-26(10-7-17)14-15-5-8-25-13-15;/h2-3,12,15,17,21,25H,1,4-11,13-14H2;1H. The monoisotopic (exact) mass is 475 g/mol. The number of fused-ring (bicyclic) bond motifs is 1. The predicted octanol–water partition coefficient (Wildman–Crippen LogP) is 1.85. The number of benzene rings is 1. The maximum Gasteiger partial charge on any atom is 0.262 e. The summed E-state index contributed by atoms with van der Waals surface area (Å²) in [6.07, 6.45) is 3.42. The van der Waals surface area contributed by atoms with Gasteiger partial charge in [-0.05, 0) is 62.9 Å². The number of rotatable bonds is 5. The number of nitrogens with zero attached hydrogens (tertiary/aromatic N) is 2. The third-order valence-electron chi connectivity index (χ3n) is 7.16. The van der Waals surface area contributed by atoms with E-state index in [4.69, 9.17) is 4.74 Å². The fourth-order valence-corrected chi connectivity index (χ4v) is 5.36. The molecule has 1 saturated carbocycles. The van der Waals surface area contributed by atoms with Crippen LogP contribution in [-0.4, -0.2) is 78.1 Å². The molecule has 8 nitrogen and oxygen atoms in total. The van der Waals surface area contributed by atoms with Crippen LogP contribution in [0.2, 0.25) is 0 Å². The van der Waals surface area contributed by atoms with Crippen molar-refractivity contribution in [3.05, 3.63) is 29.3 Å². The molecule has 178 valence electrons. The van der Waals surface area contributed by atoms with Gasteiger partial charge in [0.15, 0.2) is 5.78 Å². The number of nitrogens with one attached hydrogen (secondary N) is 1. The van der Waals surface area contributed by atoms with Crippen LogP contribution in [0.4, 0.5) is 0 Å². The lowest BCUT2D eigenvalue weighted by atomic mass is 9.92. The summed E-state index contributed by atoms with van der Waals surface area (Å²) in [7, 11) is 0. The second-order valence-electron chi connectivity index (χ2n) is 9.40. The Morgan fingerprint density at radius 2 is 1.73 bits per heavy atom. The molecule has 0 radical (unpaired) electrons. The molecule has 3 heterocycles. The van der Waals surface area contributed by atoms with Crippen molar-refractivity contribution in [3.8, 4) is 5.75 Å². The normalized spacial score (nSPS) is 26.5. The van der Waals surface area contributed by atoms with Crippen LogP contribution in [0.5, 0.6) is 5.75 Å². The molecule has 0 aromatic heterocycles. The van der Waals surface area contributed by atoms with Crippen molar-refractivity contribution >= 4 is 35.8 Å². The summed E-state index contributed by atoms with van der Waals surface area (Å²) < 4.78 is 6.17. The quantitative estimate of drug-likeness (QED) is 0.512. The van der Waals surface area contributed by atoms with Gasteiger partial charge in [-0.15, -0.1) is 12.4 Å². The zero-order valence-electron chi connectivity index (χ0n) is 18.6. The summed E-state index contributed by atoms with van der Waals surface area (Å²) in [6, 6.07) is 4.14. The minimum atomic E-state index is -0.844. The first-order chi connectivity index (χ1) is 15.5. The second kappa shape index (κ2) is 9.91. The number of amides is 2. The molecule has 4 aliphatic rings. The number of Topliss-reactive ketones (excluding diaryl/α,β-unsaturated/α-hetero) is 2. The van der Waals surface area contributed by atoms with Crippen molar-refractivity contribution in [2.45, 2.75) is 50.7 Å². The van der Waals surface area contributed by atoms with E-state index in [1.807, 2.05) is 0 Å². The number of piperidine rings is 1. The smallest absolute Gasteiger partial charge is 0.262 e. The largest absolute Gasteiger partial charge is 0.490 e. The van der Waals surface area contributed by atoms with Crippen LogP contribution < -0.4 is 10.1 Å². The van der Waals surface area contributed by atoms with E-state index in [2.05, 4.69) is 10.2 Å². The molecule has 2 atom stereocenters. The Balaban J connectivity index is 0.00000259. The third-order valence-corrected chi connectivity index (χ3v) is 7.16. The molecule has 3 fully saturated rings. The number of imide groups is 1. The molecule has 0 spiro atoms. The molecule has 2 amide bonds. The second-order valence-corrected chi connectivity index (χ2v) is 9.40. The van der Waals surface area contributed by atoms with Gasteiger partial charge in [-0.1, -0.05) is 0 Å². The van der Waals surface area contributed by atoms with E-state index in [1.54, 1.807) is 18.2 Å². The van der Waals surface area contributed by atoms with Crippen molar-refractivity contribution < 1.29 is 23.9 Å². The van der Waals surface area contributed by atoms with Crippen molar-refractivity contribution in [2.75, 3.05) is 32.7 Å². The SMILES string of the molecule is Cl.O=C1CCC(N2C(=O)c3ccc(OC4CCN(CC5CCNC5)CC4)cc3C2=O)C(=O)C1. The van der Waals surface area contributed by atoms with Gasteiger partial charge in [0.25, 0.3) is 11.8 Å². The average Bonchev–Trinajstić information content (AvgIpc) is 3.37. The van der Waals surface area contributed by atoms with E-state index in [-0.39, 0.29) is 54.9 Å². The Labute approximate surface area is 199 Å². The molecule has 1 N–H and O–H groups in total. The minimum Gasteiger partial charge on any atom is -0.490 e. The predicted molar refractivity (Wildman–Crippen MR) is 123 cm³/mol. The number of hydrogen-bond donors (Lipinski definition) is 1. The van der Waals surface area contributed by atoms with Crippen molar-refractivity contribution in [3.63, 3.8) is 0 Å². The Morgan fingerprint density at radius 1 is 0.970 bits per heavy atom. The zero-order valence-corrected chi connectivity index (χ0v) is 19.4. The molecule has 0 bridgehead atoms. The molecular weight excluding hydrogens is 446 g/mol. The summed E-state index contributed by atoms with van der Waals surface area (Å²) in [4.78, 5) is 53.2. The van der Waals surface area contributed by atoms with E-state index in [1.165, 1.54) is 6.42 Å². The lowest BCUT2D eigenvalue weighted by Crippen LogP contribution is -2.47. The summed E-state index contributed by atoms with van der Waals surface area (Å²) in [5.41, 5.74) is 0.579. The zero-order chi connectivity index (χ0) is 22.2. The molecule has 2 saturated heterocycles. The fourth-order valence-electron chi connectivity index (χ4n) is 5.36. The molecular formula is C24H30ClN3O5. The molecule has 1 aliphatic carbocycles. The number of ether oxygens (including phenoxy) is 1. The Morgan fingerprint density at radius 3 is 2.42 bits per heavy atom. The van der Waals surface area contributed by atoms with Gasteiger partial charge in [0, 0.05) is 26.1 Å². The molecule has 5 rings (SSSR count). The van der Waals surface area contributed by atoms with Crippen LogP contribution in [-0.2, 0) is 9.59 Å². The topological polar surface area (TPSA) is 96.0 Å². The van der Waals surface area contributed by atoms with Crippen LogP contribution in [0.25, 0.3) is 0 Å². The summed E-state index contributed by atoms with van der Waals surface area (Å²) in [5.74, 6) is -0.0980. The van der Waals surface area contributed by atoms with E-state index in [0.29, 0.717) is 11.3 Å². The van der Waals surface area contributed by atoms with Crippen molar-refractivity contribution in [1.82, 2.24) is 15.1 Å². The van der Waals surface area contributed by atoms with Gasteiger partial charge in [0.05, 0.1) is 23.6 Å². The first-order valence-corrected chi connectivity index (χ1v) is 11.7. The van der Waals surface area contributed by atoms with Gasteiger partial charge in [-0.2, -0.15) is 0 Å². The van der Waals surface area contributed by atoms with Gasteiger partial charge in [-0.25, -0.2) is 0 Å². The minimum absolute atomic E-state index is 0.